The molecule has 35 heavy (non-hydrogen) atoms. The van der Waals surface area contributed by atoms with E-state index in [-0.39, 0.29) is 30.6 Å². The molecule has 180 valence electrons. The number of thiocarbonyl (C=S) groups is 1. The second-order valence-electron chi connectivity index (χ2n) is 7.88. The van der Waals surface area contributed by atoms with Crippen molar-refractivity contribution in [3.05, 3.63) is 87.9 Å². The zero-order chi connectivity index (χ0) is 24.9. The minimum atomic E-state index is -0.778. The second kappa shape index (κ2) is 10.7. The molecule has 0 saturated carbocycles. The lowest BCUT2D eigenvalue weighted by atomic mass is 10.1. The van der Waals surface area contributed by atoms with E-state index in [2.05, 4.69) is 10.1 Å². The smallest absolute Gasteiger partial charge is 0.337 e. The van der Waals surface area contributed by atoms with Gasteiger partial charge in [0.15, 0.2) is 5.11 Å². The van der Waals surface area contributed by atoms with Crippen LogP contribution in [0.15, 0.2) is 66.0 Å². The summed E-state index contributed by atoms with van der Waals surface area (Å²) in [5.74, 6) is -1.49. The predicted molar refractivity (Wildman–Crippen MR) is 134 cm³/mol. The fourth-order valence-electron chi connectivity index (χ4n) is 3.75. The Balaban J connectivity index is 1.50. The number of esters is 1. The molecular formula is C25H22FN3O4S2. The predicted octanol–water partition coefficient (Wildman–Crippen LogP) is 4.20. The number of thiophene rings is 1. The first kappa shape index (κ1) is 24.5. The molecule has 0 aliphatic carbocycles. The van der Waals surface area contributed by atoms with E-state index in [1.165, 1.54) is 35.5 Å². The van der Waals surface area contributed by atoms with Gasteiger partial charge in [-0.1, -0.05) is 18.2 Å². The first-order valence-electron chi connectivity index (χ1n) is 10.7. The van der Waals surface area contributed by atoms with Gasteiger partial charge in [0.05, 0.1) is 32.2 Å². The van der Waals surface area contributed by atoms with E-state index in [1.54, 1.807) is 41.3 Å². The Morgan fingerprint density at radius 2 is 1.80 bits per heavy atom. The first-order chi connectivity index (χ1) is 16.9. The topological polar surface area (TPSA) is 78.9 Å². The highest BCUT2D eigenvalue weighted by Crippen LogP contribution is 2.27. The molecule has 2 amide bonds. The molecule has 4 rings (SSSR count). The summed E-state index contributed by atoms with van der Waals surface area (Å²) in [5, 5.41) is 5.03. The van der Waals surface area contributed by atoms with Crippen LogP contribution in [0, 0.1) is 5.82 Å². The van der Waals surface area contributed by atoms with Crippen LogP contribution in [0.5, 0.6) is 0 Å². The van der Waals surface area contributed by atoms with E-state index >= 15 is 0 Å². The van der Waals surface area contributed by atoms with Crippen molar-refractivity contribution in [1.29, 1.82) is 0 Å². The molecule has 1 aromatic heterocycles. The van der Waals surface area contributed by atoms with Gasteiger partial charge >= 0.3 is 5.97 Å². The molecule has 1 fully saturated rings. The summed E-state index contributed by atoms with van der Waals surface area (Å²) in [6.45, 7) is 0.583. The van der Waals surface area contributed by atoms with E-state index in [4.69, 9.17) is 12.2 Å². The van der Waals surface area contributed by atoms with E-state index in [0.29, 0.717) is 22.9 Å². The number of anilines is 1. The third-order valence-corrected chi connectivity index (χ3v) is 6.85. The van der Waals surface area contributed by atoms with Gasteiger partial charge in [0.2, 0.25) is 5.91 Å². The molecule has 7 nitrogen and oxygen atoms in total. The van der Waals surface area contributed by atoms with Crippen LogP contribution in [-0.4, -0.2) is 45.8 Å². The van der Waals surface area contributed by atoms with Gasteiger partial charge in [-0.15, -0.1) is 11.3 Å². The molecule has 10 heteroatoms. The Morgan fingerprint density at radius 1 is 1.09 bits per heavy atom. The van der Waals surface area contributed by atoms with Crippen LogP contribution in [0.1, 0.15) is 27.2 Å². The minimum Gasteiger partial charge on any atom is -0.465 e. The van der Waals surface area contributed by atoms with Crippen molar-refractivity contribution in [2.24, 2.45) is 0 Å². The second-order valence-corrected chi connectivity index (χ2v) is 9.28. The van der Waals surface area contributed by atoms with Crippen molar-refractivity contribution < 1.29 is 23.5 Å². The van der Waals surface area contributed by atoms with Gasteiger partial charge in [0.1, 0.15) is 11.9 Å². The molecule has 1 aliphatic rings. The lowest BCUT2D eigenvalue weighted by Crippen LogP contribution is -2.37. The van der Waals surface area contributed by atoms with Crippen molar-refractivity contribution >= 4 is 52.1 Å². The number of methoxy groups -OCH3 is 1. The number of amides is 2. The number of carbonyl (C=O) groups is 3. The van der Waals surface area contributed by atoms with E-state index in [1.807, 2.05) is 17.5 Å². The Kier molecular flexibility index (Phi) is 7.52. The van der Waals surface area contributed by atoms with Crippen molar-refractivity contribution in [2.45, 2.75) is 25.6 Å². The number of ether oxygens (including phenoxy) is 1. The third kappa shape index (κ3) is 5.72. The maximum absolute atomic E-state index is 13.4. The summed E-state index contributed by atoms with van der Waals surface area (Å²) in [5.41, 5.74) is 1.58. The maximum atomic E-state index is 13.4. The molecule has 3 aromatic rings. The number of nitrogens with zero attached hydrogens (tertiary/aromatic N) is 2. The van der Waals surface area contributed by atoms with Gasteiger partial charge < -0.3 is 15.0 Å². The van der Waals surface area contributed by atoms with Gasteiger partial charge in [-0.05, 0) is 65.6 Å². The van der Waals surface area contributed by atoms with E-state index in [0.717, 1.165) is 10.4 Å². The number of nitrogens with one attached hydrogen (secondary N) is 1. The van der Waals surface area contributed by atoms with Gasteiger partial charge in [-0.25, -0.2) is 9.18 Å². The molecule has 1 N–H and O–H groups in total. The molecule has 1 atom stereocenters. The summed E-state index contributed by atoms with van der Waals surface area (Å²) < 4.78 is 18.0. The highest BCUT2D eigenvalue weighted by Gasteiger charge is 2.43. The molecule has 2 heterocycles. The Labute approximate surface area is 211 Å². The molecule has 0 unspecified atom stereocenters. The SMILES string of the molecule is COC(=O)c1ccc(NC(=O)C[C@H]2C(=O)N(Cc3ccc(F)cc3)C(=S)N2Cc2cccs2)cc1. The summed E-state index contributed by atoms with van der Waals surface area (Å²) in [6.07, 6.45) is -0.108. The normalized spacial score (nSPS) is 15.4. The van der Waals surface area contributed by atoms with Gasteiger partial charge in [0, 0.05) is 10.6 Å². The molecule has 0 spiro atoms. The number of hydrogen-bond acceptors (Lipinski definition) is 6. The Hall–Kier alpha value is -3.63. The van der Waals surface area contributed by atoms with Crippen molar-refractivity contribution in [3.63, 3.8) is 0 Å². The van der Waals surface area contributed by atoms with Crippen LogP contribution in [0.25, 0.3) is 0 Å². The average molecular weight is 512 g/mol. The minimum absolute atomic E-state index is 0.108. The van der Waals surface area contributed by atoms with Gasteiger partial charge in [0.25, 0.3) is 5.91 Å². The van der Waals surface area contributed by atoms with Crippen LogP contribution in [-0.2, 0) is 27.4 Å². The van der Waals surface area contributed by atoms with E-state index < -0.39 is 12.0 Å². The van der Waals surface area contributed by atoms with Gasteiger partial charge in [-0.2, -0.15) is 0 Å². The molecule has 2 aromatic carbocycles. The zero-order valence-corrected chi connectivity index (χ0v) is 20.4. The molecule has 1 aliphatic heterocycles. The molecule has 0 bridgehead atoms. The highest BCUT2D eigenvalue weighted by atomic mass is 32.1. The zero-order valence-electron chi connectivity index (χ0n) is 18.8. The maximum Gasteiger partial charge on any atom is 0.337 e. The number of halogens is 1. The number of benzene rings is 2. The van der Waals surface area contributed by atoms with Gasteiger partial charge in [-0.3, -0.25) is 14.5 Å². The van der Waals surface area contributed by atoms with Crippen molar-refractivity contribution in [2.75, 3.05) is 12.4 Å². The van der Waals surface area contributed by atoms with Crippen LogP contribution in [0.4, 0.5) is 10.1 Å². The molecule has 0 radical (unpaired) electrons. The Morgan fingerprint density at radius 3 is 2.43 bits per heavy atom. The monoisotopic (exact) mass is 511 g/mol. The van der Waals surface area contributed by atoms with Crippen LogP contribution < -0.4 is 5.32 Å². The fraction of sp³-hybridized carbons (Fsp3) is 0.200. The standard InChI is InChI=1S/C25H22FN3O4S2/c1-33-24(32)17-6-10-19(11-7-17)27-22(30)13-21-23(31)29(14-16-4-8-18(26)9-5-16)25(34)28(21)15-20-3-2-12-35-20/h2-12,21H,13-15H2,1H3,(H,27,30)/t21-/m0/s1. The van der Waals surface area contributed by atoms with E-state index in [9.17, 15) is 18.8 Å². The summed E-state index contributed by atoms with van der Waals surface area (Å²) in [4.78, 5) is 42.0. The van der Waals surface area contributed by atoms with Crippen molar-refractivity contribution in [3.8, 4) is 0 Å². The quantitative estimate of drug-likeness (QED) is 0.361. The summed E-state index contributed by atoms with van der Waals surface area (Å²) >= 11 is 7.17. The first-order valence-corrected chi connectivity index (χ1v) is 12.0. The largest absolute Gasteiger partial charge is 0.465 e. The summed E-state index contributed by atoms with van der Waals surface area (Å²) in [7, 11) is 1.29. The molecular weight excluding hydrogens is 489 g/mol. The highest BCUT2D eigenvalue weighted by molar-refractivity contribution is 7.80. The Bertz CT molecular complexity index is 1230. The lowest BCUT2D eigenvalue weighted by molar-refractivity contribution is -0.131. The number of hydrogen-bond donors (Lipinski definition) is 1. The number of rotatable bonds is 8. The lowest BCUT2D eigenvalue weighted by Gasteiger charge is -2.23. The number of carbonyl (C=O) groups excluding carboxylic acids is 3. The van der Waals surface area contributed by atoms with Crippen LogP contribution in [0.2, 0.25) is 0 Å². The average Bonchev–Trinajstić information content (AvgIpc) is 3.44. The third-order valence-electron chi connectivity index (χ3n) is 5.53. The molecule has 1 saturated heterocycles. The van der Waals surface area contributed by atoms with Crippen LogP contribution >= 0.6 is 23.6 Å². The van der Waals surface area contributed by atoms with Crippen molar-refractivity contribution in [1.82, 2.24) is 9.80 Å². The fourth-order valence-corrected chi connectivity index (χ4v) is 4.80. The summed E-state index contributed by atoms with van der Waals surface area (Å²) in [6, 6.07) is 15.2. The van der Waals surface area contributed by atoms with Crippen LogP contribution in [0.3, 0.4) is 0 Å².